The molecule has 0 aliphatic heterocycles. The molecule has 0 atom stereocenters. The molecule has 5 nitrogen and oxygen atoms in total. The topological polar surface area (TPSA) is 77.9 Å². The number of carbonyl (C=O) groups is 1. The SMILES string of the molecule is COc1ccc2c(C(=O)Nc3cccc(C#N)c3)c(C)[nH]c2c1. The number of aryl methyl sites for hydroxylation is 1. The van der Waals surface area contributed by atoms with Crippen molar-refractivity contribution < 1.29 is 9.53 Å². The summed E-state index contributed by atoms with van der Waals surface area (Å²) in [7, 11) is 1.60. The minimum Gasteiger partial charge on any atom is -0.497 e. The number of aromatic amines is 1. The molecule has 1 amide bonds. The highest BCUT2D eigenvalue weighted by atomic mass is 16.5. The van der Waals surface area contributed by atoms with Gasteiger partial charge in [0.25, 0.3) is 5.91 Å². The molecule has 0 fully saturated rings. The second kappa shape index (κ2) is 5.85. The summed E-state index contributed by atoms with van der Waals surface area (Å²) >= 11 is 0. The highest BCUT2D eigenvalue weighted by Crippen LogP contribution is 2.26. The van der Waals surface area contributed by atoms with Crippen LogP contribution < -0.4 is 10.1 Å². The number of H-pyrrole nitrogens is 1. The zero-order valence-electron chi connectivity index (χ0n) is 12.8. The van der Waals surface area contributed by atoms with Crippen LogP contribution in [0.3, 0.4) is 0 Å². The van der Waals surface area contributed by atoms with Crippen LogP contribution in [0.1, 0.15) is 21.6 Å². The Balaban J connectivity index is 1.97. The predicted molar refractivity (Wildman–Crippen MR) is 88.7 cm³/mol. The zero-order chi connectivity index (χ0) is 16.4. The van der Waals surface area contributed by atoms with E-state index in [1.807, 2.05) is 25.1 Å². The van der Waals surface area contributed by atoms with Gasteiger partial charge < -0.3 is 15.0 Å². The van der Waals surface area contributed by atoms with Crippen LogP contribution in [0.25, 0.3) is 10.9 Å². The van der Waals surface area contributed by atoms with E-state index in [9.17, 15) is 4.79 Å². The molecule has 0 saturated carbocycles. The number of fused-ring (bicyclic) bond motifs is 1. The summed E-state index contributed by atoms with van der Waals surface area (Å²) in [5.41, 5.74) is 3.31. The molecular weight excluding hydrogens is 290 g/mol. The van der Waals surface area contributed by atoms with E-state index < -0.39 is 0 Å². The summed E-state index contributed by atoms with van der Waals surface area (Å²) in [5, 5.41) is 12.6. The van der Waals surface area contributed by atoms with E-state index >= 15 is 0 Å². The lowest BCUT2D eigenvalue weighted by Crippen LogP contribution is -2.12. The standard InChI is InChI=1S/C18H15N3O2/c1-11-17(15-7-6-14(23-2)9-16(15)20-11)18(22)21-13-5-3-4-12(8-13)10-19/h3-9,20H,1-2H3,(H,21,22). The molecule has 1 aromatic heterocycles. The van der Waals surface area contributed by atoms with Crippen LogP contribution in [-0.4, -0.2) is 18.0 Å². The van der Waals surface area contributed by atoms with Gasteiger partial charge in [-0.1, -0.05) is 6.07 Å². The van der Waals surface area contributed by atoms with Crippen LogP contribution in [0.15, 0.2) is 42.5 Å². The number of ether oxygens (including phenoxy) is 1. The molecule has 23 heavy (non-hydrogen) atoms. The van der Waals surface area contributed by atoms with Crippen LogP contribution in [-0.2, 0) is 0 Å². The van der Waals surface area contributed by atoms with E-state index in [1.165, 1.54) is 0 Å². The maximum absolute atomic E-state index is 12.6. The summed E-state index contributed by atoms with van der Waals surface area (Å²) in [4.78, 5) is 15.8. The monoisotopic (exact) mass is 305 g/mol. The molecule has 0 saturated heterocycles. The molecule has 5 heteroatoms. The third-order valence-electron chi connectivity index (χ3n) is 3.67. The van der Waals surface area contributed by atoms with Crippen LogP contribution in [0.5, 0.6) is 5.75 Å². The maximum atomic E-state index is 12.6. The second-order valence-electron chi connectivity index (χ2n) is 5.18. The third kappa shape index (κ3) is 2.74. The summed E-state index contributed by atoms with van der Waals surface area (Å²) in [6.07, 6.45) is 0. The van der Waals surface area contributed by atoms with E-state index in [0.717, 1.165) is 22.3 Å². The van der Waals surface area contributed by atoms with Gasteiger partial charge in [0, 0.05) is 22.8 Å². The number of rotatable bonds is 3. The molecule has 114 valence electrons. The zero-order valence-corrected chi connectivity index (χ0v) is 12.8. The van der Waals surface area contributed by atoms with Gasteiger partial charge in [-0.2, -0.15) is 5.26 Å². The first-order valence-corrected chi connectivity index (χ1v) is 7.10. The van der Waals surface area contributed by atoms with E-state index in [1.54, 1.807) is 31.4 Å². The fourth-order valence-corrected chi connectivity index (χ4v) is 2.59. The molecule has 0 bridgehead atoms. The fourth-order valence-electron chi connectivity index (χ4n) is 2.59. The lowest BCUT2D eigenvalue weighted by Gasteiger charge is -2.06. The average Bonchev–Trinajstić information content (AvgIpc) is 2.89. The highest BCUT2D eigenvalue weighted by Gasteiger charge is 2.16. The predicted octanol–water partition coefficient (Wildman–Crippen LogP) is 3.61. The number of hydrogen-bond acceptors (Lipinski definition) is 3. The molecule has 0 unspecified atom stereocenters. The first kappa shape index (κ1) is 14.7. The van der Waals surface area contributed by atoms with Gasteiger partial charge in [0.1, 0.15) is 5.75 Å². The molecule has 2 N–H and O–H groups in total. The van der Waals surface area contributed by atoms with Gasteiger partial charge in [0.2, 0.25) is 0 Å². The van der Waals surface area contributed by atoms with Crippen molar-refractivity contribution in [2.75, 3.05) is 12.4 Å². The van der Waals surface area contributed by atoms with Crippen LogP contribution >= 0.6 is 0 Å². The number of anilines is 1. The number of nitriles is 1. The summed E-state index contributed by atoms with van der Waals surface area (Å²) in [6.45, 7) is 1.85. The Morgan fingerprint density at radius 1 is 1.26 bits per heavy atom. The molecule has 0 aliphatic carbocycles. The van der Waals surface area contributed by atoms with Gasteiger partial charge in [0.05, 0.1) is 29.8 Å². The van der Waals surface area contributed by atoms with Crippen LogP contribution in [0.4, 0.5) is 5.69 Å². The Kier molecular flexibility index (Phi) is 3.73. The molecule has 0 radical (unpaired) electrons. The normalized spacial score (nSPS) is 10.3. The molecule has 0 spiro atoms. The van der Waals surface area contributed by atoms with E-state index in [4.69, 9.17) is 10.00 Å². The van der Waals surface area contributed by atoms with Gasteiger partial charge in [-0.05, 0) is 37.3 Å². The second-order valence-corrected chi connectivity index (χ2v) is 5.18. The number of hydrogen-bond donors (Lipinski definition) is 2. The number of nitrogens with zero attached hydrogens (tertiary/aromatic N) is 1. The molecular formula is C18H15N3O2. The van der Waals surface area contributed by atoms with E-state index in [-0.39, 0.29) is 5.91 Å². The molecule has 0 aliphatic rings. The number of carbonyl (C=O) groups excluding carboxylic acids is 1. The van der Waals surface area contributed by atoms with Crippen LogP contribution in [0, 0.1) is 18.3 Å². The van der Waals surface area contributed by atoms with Gasteiger partial charge in [-0.15, -0.1) is 0 Å². The Bertz CT molecular complexity index is 935. The van der Waals surface area contributed by atoms with Gasteiger partial charge >= 0.3 is 0 Å². The minimum absolute atomic E-state index is 0.214. The number of aromatic nitrogens is 1. The average molecular weight is 305 g/mol. The summed E-state index contributed by atoms with van der Waals surface area (Å²) in [6, 6.07) is 14.4. The Morgan fingerprint density at radius 3 is 2.83 bits per heavy atom. The fraction of sp³-hybridized carbons (Fsp3) is 0.111. The third-order valence-corrected chi connectivity index (χ3v) is 3.67. The number of methoxy groups -OCH3 is 1. The lowest BCUT2D eigenvalue weighted by molar-refractivity contribution is 0.102. The first-order chi connectivity index (χ1) is 11.1. The van der Waals surface area contributed by atoms with Crippen molar-refractivity contribution in [3.8, 4) is 11.8 Å². The molecule has 2 aromatic carbocycles. The Morgan fingerprint density at radius 2 is 2.09 bits per heavy atom. The Hall–Kier alpha value is -3.26. The van der Waals surface area contributed by atoms with Crippen molar-refractivity contribution >= 4 is 22.5 Å². The number of amides is 1. The summed E-state index contributed by atoms with van der Waals surface area (Å²) < 4.78 is 5.20. The largest absolute Gasteiger partial charge is 0.497 e. The Labute approximate surface area is 133 Å². The maximum Gasteiger partial charge on any atom is 0.258 e. The minimum atomic E-state index is -0.214. The quantitative estimate of drug-likeness (QED) is 0.776. The highest BCUT2D eigenvalue weighted by molar-refractivity contribution is 6.14. The van der Waals surface area contributed by atoms with E-state index in [0.29, 0.717) is 16.8 Å². The van der Waals surface area contributed by atoms with Crippen molar-refractivity contribution in [2.45, 2.75) is 6.92 Å². The molecule has 1 heterocycles. The van der Waals surface area contributed by atoms with E-state index in [2.05, 4.69) is 16.4 Å². The smallest absolute Gasteiger partial charge is 0.258 e. The van der Waals surface area contributed by atoms with Crippen LogP contribution in [0.2, 0.25) is 0 Å². The van der Waals surface area contributed by atoms with Crippen molar-refractivity contribution in [2.24, 2.45) is 0 Å². The van der Waals surface area contributed by atoms with Gasteiger partial charge in [0.15, 0.2) is 0 Å². The van der Waals surface area contributed by atoms with Crippen molar-refractivity contribution in [1.82, 2.24) is 4.98 Å². The van der Waals surface area contributed by atoms with Gasteiger partial charge in [-0.3, -0.25) is 4.79 Å². The molecule has 3 rings (SSSR count). The number of benzene rings is 2. The lowest BCUT2D eigenvalue weighted by atomic mass is 10.1. The molecule has 3 aromatic rings. The number of nitrogens with one attached hydrogen (secondary N) is 2. The first-order valence-electron chi connectivity index (χ1n) is 7.10. The van der Waals surface area contributed by atoms with Crippen molar-refractivity contribution in [3.63, 3.8) is 0 Å². The van der Waals surface area contributed by atoms with Gasteiger partial charge in [-0.25, -0.2) is 0 Å². The van der Waals surface area contributed by atoms with Crippen molar-refractivity contribution in [1.29, 1.82) is 5.26 Å². The summed E-state index contributed by atoms with van der Waals surface area (Å²) in [5.74, 6) is 0.515. The van der Waals surface area contributed by atoms with Crippen molar-refractivity contribution in [3.05, 3.63) is 59.3 Å².